The number of hydrogen-bond donors (Lipinski definition) is 3. The van der Waals surface area contributed by atoms with Gasteiger partial charge in [0.05, 0.1) is 17.9 Å². The van der Waals surface area contributed by atoms with E-state index in [4.69, 9.17) is 5.73 Å². The highest BCUT2D eigenvalue weighted by Gasteiger charge is 2.16. The van der Waals surface area contributed by atoms with Gasteiger partial charge in [-0.1, -0.05) is 32.9 Å². The van der Waals surface area contributed by atoms with Crippen molar-refractivity contribution in [3.63, 3.8) is 0 Å². The molecule has 0 spiro atoms. The number of carbonyl (C=O) groups excluding carboxylic acids is 2. The van der Waals surface area contributed by atoms with E-state index < -0.39 is 0 Å². The lowest BCUT2D eigenvalue weighted by molar-refractivity contribution is -0.125. The second-order valence-electron chi connectivity index (χ2n) is 5.65. The molecular formula is C14H22ClN3O2. The van der Waals surface area contributed by atoms with Crippen molar-refractivity contribution in [1.29, 1.82) is 0 Å². The Morgan fingerprint density at radius 2 is 1.75 bits per heavy atom. The predicted molar refractivity (Wildman–Crippen MR) is 83.8 cm³/mol. The molecule has 0 saturated heterocycles. The maximum absolute atomic E-state index is 11.7. The Morgan fingerprint density at radius 3 is 2.30 bits per heavy atom. The summed E-state index contributed by atoms with van der Waals surface area (Å²) in [5.41, 5.74) is 6.66. The monoisotopic (exact) mass is 299 g/mol. The zero-order valence-corrected chi connectivity index (χ0v) is 12.8. The van der Waals surface area contributed by atoms with Gasteiger partial charge in [0, 0.05) is 6.42 Å². The van der Waals surface area contributed by atoms with Gasteiger partial charge in [0.1, 0.15) is 0 Å². The standard InChI is InChI=1S/C14H21N3O2.ClH/c1-14(2,3)8-12(18)16-9-13(19)17-11-7-5-4-6-10(11)15;/h4-7H,8-9,15H2,1-3H3,(H,16,18)(H,17,19);1H. The largest absolute Gasteiger partial charge is 0.397 e. The Balaban J connectivity index is 0.00000361. The smallest absolute Gasteiger partial charge is 0.243 e. The molecule has 5 nitrogen and oxygen atoms in total. The van der Waals surface area contributed by atoms with E-state index in [1.807, 2.05) is 20.8 Å². The molecule has 112 valence electrons. The lowest BCUT2D eigenvalue weighted by Gasteiger charge is -2.17. The van der Waals surface area contributed by atoms with Crippen molar-refractivity contribution in [2.75, 3.05) is 17.6 Å². The van der Waals surface area contributed by atoms with Gasteiger partial charge in [-0.05, 0) is 17.5 Å². The van der Waals surface area contributed by atoms with Crippen molar-refractivity contribution in [1.82, 2.24) is 5.32 Å². The van der Waals surface area contributed by atoms with Gasteiger partial charge in [0.15, 0.2) is 0 Å². The van der Waals surface area contributed by atoms with E-state index >= 15 is 0 Å². The first-order valence-electron chi connectivity index (χ1n) is 6.19. The molecule has 1 aromatic rings. The van der Waals surface area contributed by atoms with Crippen molar-refractivity contribution in [3.05, 3.63) is 24.3 Å². The summed E-state index contributed by atoms with van der Waals surface area (Å²) >= 11 is 0. The molecule has 0 atom stereocenters. The van der Waals surface area contributed by atoms with Crippen LogP contribution >= 0.6 is 12.4 Å². The van der Waals surface area contributed by atoms with Crippen molar-refractivity contribution in [3.8, 4) is 0 Å². The number of anilines is 2. The van der Waals surface area contributed by atoms with Crippen LogP contribution in [-0.4, -0.2) is 18.4 Å². The van der Waals surface area contributed by atoms with Gasteiger partial charge in [-0.2, -0.15) is 0 Å². The third-order valence-electron chi connectivity index (χ3n) is 2.37. The lowest BCUT2D eigenvalue weighted by atomic mass is 9.92. The highest BCUT2D eigenvalue weighted by molar-refractivity contribution is 5.96. The Bertz CT molecular complexity index is 470. The summed E-state index contributed by atoms with van der Waals surface area (Å²) in [6.07, 6.45) is 0.383. The van der Waals surface area contributed by atoms with Crippen molar-refractivity contribution in [2.45, 2.75) is 27.2 Å². The lowest BCUT2D eigenvalue weighted by Crippen LogP contribution is -2.34. The van der Waals surface area contributed by atoms with Crippen LogP contribution < -0.4 is 16.4 Å². The molecule has 0 fully saturated rings. The molecule has 4 N–H and O–H groups in total. The van der Waals surface area contributed by atoms with E-state index in [0.29, 0.717) is 17.8 Å². The van der Waals surface area contributed by atoms with Gasteiger partial charge < -0.3 is 16.4 Å². The number of nitrogens with one attached hydrogen (secondary N) is 2. The summed E-state index contributed by atoms with van der Waals surface area (Å²) < 4.78 is 0. The number of para-hydroxylation sites is 2. The fraction of sp³-hybridized carbons (Fsp3) is 0.429. The Morgan fingerprint density at radius 1 is 1.15 bits per heavy atom. The van der Waals surface area contributed by atoms with Gasteiger partial charge in [-0.25, -0.2) is 0 Å². The molecule has 0 aliphatic heterocycles. The molecule has 1 aromatic carbocycles. The first-order chi connectivity index (χ1) is 8.78. The molecule has 0 aliphatic rings. The average Bonchev–Trinajstić information content (AvgIpc) is 2.27. The van der Waals surface area contributed by atoms with Gasteiger partial charge >= 0.3 is 0 Å². The van der Waals surface area contributed by atoms with Crippen LogP contribution in [0.4, 0.5) is 11.4 Å². The summed E-state index contributed by atoms with van der Waals surface area (Å²) in [5, 5.41) is 5.24. The van der Waals surface area contributed by atoms with Crippen LogP contribution in [0, 0.1) is 5.41 Å². The van der Waals surface area contributed by atoms with E-state index in [-0.39, 0.29) is 36.2 Å². The zero-order chi connectivity index (χ0) is 14.5. The number of benzene rings is 1. The van der Waals surface area contributed by atoms with Crippen LogP contribution in [-0.2, 0) is 9.59 Å². The van der Waals surface area contributed by atoms with Crippen molar-refractivity contribution >= 4 is 35.6 Å². The summed E-state index contributed by atoms with van der Waals surface area (Å²) in [5.74, 6) is -0.427. The van der Waals surface area contributed by atoms with Gasteiger partial charge in [0.25, 0.3) is 0 Å². The van der Waals surface area contributed by atoms with Gasteiger partial charge in [-0.3, -0.25) is 9.59 Å². The summed E-state index contributed by atoms with van der Waals surface area (Å²) in [6.45, 7) is 5.86. The van der Waals surface area contributed by atoms with Crippen LogP contribution in [0.15, 0.2) is 24.3 Å². The second kappa shape index (κ2) is 7.75. The van der Waals surface area contributed by atoms with E-state index in [1.54, 1.807) is 24.3 Å². The average molecular weight is 300 g/mol. The first-order valence-corrected chi connectivity index (χ1v) is 6.19. The van der Waals surface area contributed by atoms with Gasteiger partial charge in [-0.15, -0.1) is 12.4 Å². The number of hydrogen-bond acceptors (Lipinski definition) is 3. The molecule has 0 aliphatic carbocycles. The zero-order valence-electron chi connectivity index (χ0n) is 12.0. The molecular weight excluding hydrogens is 278 g/mol. The molecule has 0 radical (unpaired) electrons. The highest BCUT2D eigenvalue weighted by atomic mass is 35.5. The number of halogens is 1. The molecule has 0 aromatic heterocycles. The van der Waals surface area contributed by atoms with Crippen LogP contribution in [0.3, 0.4) is 0 Å². The van der Waals surface area contributed by atoms with Crippen LogP contribution in [0.25, 0.3) is 0 Å². The molecule has 0 heterocycles. The number of nitrogen functional groups attached to an aromatic ring is 1. The maximum atomic E-state index is 11.7. The minimum Gasteiger partial charge on any atom is -0.397 e. The molecule has 1 rings (SSSR count). The van der Waals surface area contributed by atoms with Crippen molar-refractivity contribution < 1.29 is 9.59 Å². The molecule has 6 heteroatoms. The molecule has 0 saturated carbocycles. The first kappa shape index (κ1) is 18.2. The molecule has 0 unspecified atom stereocenters. The van der Waals surface area contributed by atoms with Gasteiger partial charge in [0.2, 0.25) is 11.8 Å². The topological polar surface area (TPSA) is 84.2 Å². The van der Waals surface area contributed by atoms with E-state index in [9.17, 15) is 9.59 Å². The Hall–Kier alpha value is -1.75. The SMILES string of the molecule is CC(C)(C)CC(=O)NCC(=O)Nc1ccccc1N.Cl. The summed E-state index contributed by atoms with van der Waals surface area (Å²) in [4.78, 5) is 23.2. The number of carbonyl (C=O) groups is 2. The fourth-order valence-corrected chi connectivity index (χ4v) is 1.53. The number of amides is 2. The third-order valence-corrected chi connectivity index (χ3v) is 2.37. The fourth-order valence-electron chi connectivity index (χ4n) is 1.53. The highest BCUT2D eigenvalue weighted by Crippen LogP contribution is 2.18. The minimum absolute atomic E-state index is 0. The van der Waals surface area contributed by atoms with E-state index in [0.717, 1.165) is 0 Å². The predicted octanol–water partition coefficient (Wildman–Crippen LogP) is 2.18. The normalized spacial score (nSPS) is 10.3. The summed E-state index contributed by atoms with van der Waals surface area (Å²) in [6, 6.07) is 6.98. The summed E-state index contributed by atoms with van der Waals surface area (Å²) in [7, 11) is 0. The molecule has 0 bridgehead atoms. The quantitative estimate of drug-likeness (QED) is 0.745. The Kier molecular flexibility index (Phi) is 7.07. The second-order valence-corrected chi connectivity index (χ2v) is 5.65. The third kappa shape index (κ3) is 6.99. The van der Waals surface area contributed by atoms with Crippen LogP contribution in [0.2, 0.25) is 0 Å². The molecule has 20 heavy (non-hydrogen) atoms. The van der Waals surface area contributed by atoms with Crippen molar-refractivity contribution in [2.24, 2.45) is 5.41 Å². The Labute approximate surface area is 125 Å². The van der Waals surface area contributed by atoms with Crippen LogP contribution in [0.5, 0.6) is 0 Å². The molecule has 2 amide bonds. The van der Waals surface area contributed by atoms with E-state index in [1.165, 1.54) is 0 Å². The minimum atomic E-state index is -0.292. The number of rotatable bonds is 4. The van der Waals surface area contributed by atoms with Crippen LogP contribution in [0.1, 0.15) is 27.2 Å². The van der Waals surface area contributed by atoms with E-state index in [2.05, 4.69) is 10.6 Å². The number of nitrogens with two attached hydrogens (primary N) is 1. The maximum Gasteiger partial charge on any atom is 0.243 e.